The van der Waals surface area contributed by atoms with Crippen LogP contribution in [0.2, 0.25) is 0 Å². The molecule has 0 spiro atoms. The molecule has 8 heteroatoms. The van der Waals surface area contributed by atoms with Gasteiger partial charge in [-0.1, -0.05) is 40.7 Å². The van der Waals surface area contributed by atoms with Gasteiger partial charge < -0.3 is 5.21 Å². The summed E-state index contributed by atoms with van der Waals surface area (Å²) in [6, 6.07) is 7.86. The molecule has 0 unspecified atom stereocenters. The predicted octanol–water partition coefficient (Wildman–Crippen LogP) is 2.62. The second-order valence-corrected chi connectivity index (χ2v) is 3.71. The zero-order valence-electron chi connectivity index (χ0n) is 9.76. The zero-order chi connectivity index (χ0) is 14.0. The van der Waals surface area contributed by atoms with E-state index >= 15 is 0 Å². The van der Waals surface area contributed by atoms with E-state index in [-0.39, 0.29) is 17.1 Å². The molecule has 0 saturated carbocycles. The first-order valence-corrected chi connectivity index (χ1v) is 5.22. The molecule has 100 valence electrons. The van der Waals surface area contributed by atoms with Crippen LogP contribution in [0.5, 0.6) is 0 Å². The molecule has 0 radical (unpaired) electrons. The first kappa shape index (κ1) is 13.1. The lowest BCUT2D eigenvalue weighted by atomic mass is 10.1. The topological polar surface area (TPSA) is 63.3 Å². The highest BCUT2D eigenvalue weighted by molar-refractivity contribution is 5.85. The quantitative estimate of drug-likeness (QED) is 0.375. The van der Waals surface area contributed by atoms with E-state index in [0.29, 0.717) is 0 Å². The second kappa shape index (κ2) is 4.71. The van der Waals surface area contributed by atoms with Crippen molar-refractivity contribution in [3.8, 4) is 11.3 Å². The molecule has 19 heavy (non-hydrogen) atoms. The number of oxime groups is 1. The second-order valence-electron chi connectivity index (χ2n) is 3.71. The van der Waals surface area contributed by atoms with Gasteiger partial charge in [-0.25, -0.2) is 0 Å². The normalized spacial score (nSPS) is 12.7. The maximum atomic E-state index is 12.9. The fraction of sp³-hybridized carbons (Fsp3) is 0.182. The standard InChI is InChI=1S/C11H9F3N4O/c1-7(16-19)18-9(8-5-3-2-4-6-8)10(15-17-18)11(12,13)14/h2-6,19H,1H3. The molecule has 0 saturated heterocycles. The summed E-state index contributed by atoms with van der Waals surface area (Å²) in [4.78, 5) is 0. The molecular weight excluding hydrogens is 261 g/mol. The molecule has 1 N–H and O–H groups in total. The molecule has 2 rings (SSSR count). The van der Waals surface area contributed by atoms with E-state index in [1.54, 1.807) is 18.2 Å². The third-order valence-electron chi connectivity index (χ3n) is 2.44. The largest absolute Gasteiger partial charge is 0.437 e. The average molecular weight is 270 g/mol. The van der Waals surface area contributed by atoms with Crippen LogP contribution in [0.4, 0.5) is 13.2 Å². The smallest absolute Gasteiger partial charge is 0.409 e. The third kappa shape index (κ3) is 2.42. The minimum atomic E-state index is -4.64. The Bertz CT molecular complexity index is 604. The predicted molar refractivity (Wildman–Crippen MR) is 60.8 cm³/mol. The van der Waals surface area contributed by atoms with Crippen LogP contribution in [-0.2, 0) is 6.18 Å². The molecule has 1 heterocycles. The van der Waals surface area contributed by atoms with Crippen molar-refractivity contribution in [2.75, 3.05) is 0 Å². The number of hydrogen-bond acceptors (Lipinski definition) is 4. The summed E-state index contributed by atoms with van der Waals surface area (Å²) >= 11 is 0. The van der Waals surface area contributed by atoms with Gasteiger partial charge in [0.05, 0.1) is 0 Å². The average Bonchev–Trinajstić information content (AvgIpc) is 2.83. The lowest BCUT2D eigenvalue weighted by molar-refractivity contribution is -0.140. The number of halogens is 3. The number of nitrogens with zero attached hydrogens (tertiary/aromatic N) is 4. The van der Waals surface area contributed by atoms with Crippen molar-refractivity contribution in [3.63, 3.8) is 0 Å². The summed E-state index contributed by atoms with van der Waals surface area (Å²) in [5.74, 6) is -0.109. The van der Waals surface area contributed by atoms with Gasteiger partial charge in [0, 0.05) is 5.56 Å². The highest BCUT2D eigenvalue weighted by Crippen LogP contribution is 2.35. The molecule has 1 aromatic heterocycles. The Hall–Kier alpha value is -2.38. The van der Waals surface area contributed by atoms with Crippen LogP contribution in [0.25, 0.3) is 11.3 Å². The van der Waals surface area contributed by atoms with Crippen molar-refractivity contribution < 1.29 is 18.4 Å². The van der Waals surface area contributed by atoms with E-state index in [2.05, 4.69) is 15.5 Å². The Morgan fingerprint density at radius 1 is 1.26 bits per heavy atom. The molecular formula is C11H9F3N4O. The van der Waals surface area contributed by atoms with Gasteiger partial charge in [-0.15, -0.1) is 5.10 Å². The maximum absolute atomic E-state index is 12.9. The van der Waals surface area contributed by atoms with Crippen molar-refractivity contribution >= 4 is 5.84 Å². The summed E-state index contributed by atoms with van der Waals surface area (Å²) in [5, 5.41) is 18.1. The van der Waals surface area contributed by atoms with Crippen LogP contribution in [0.1, 0.15) is 12.6 Å². The third-order valence-corrected chi connectivity index (χ3v) is 2.44. The Morgan fingerprint density at radius 3 is 2.42 bits per heavy atom. The number of alkyl halides is 3. The fourth-order valence-corrected chi connectivity index (χ4v) is 1.60. The van der Waals surface area contributed by atoms with E-state index in [1.165, 1.54) is 19.1 Å². The van der Waals surface area contributed by atoms with Gasteiger partial charge in [0.2, 0.25) is 0 Å². The summed E-state index contributed by atoms with van der Waals surface area (Å²) in [7, 11) is 0. The van der Waals surface area contributed by atoms with Gasteiger partial charge >= 0.3 is 6.18 Å². The zero-order valence-corrected chi connectivity index (χ0v) is 9.76. The van der Waals surface area contributed by atoms with Crippen LogP contribution < -0.4 is 0 Å². The van der Waals surface area contributed by atoms with Gasteiger partial charge in [0.1, 0.15) is 5.69 Å². The van der Waals surface area contributed by atoms with Gasteiger partial charge in [-0.3, -0.25) is 0 Å². The molecule has 0 amide bonds. The van der Waals surface area contributed by atoms with Gasteiger partial charge in [-0.05, 0) is 6.92 Å². The highest BCUT2D eigenvalue weighted by atomic mass is 19.4. The Kier molecular flexibility index (Phi) is 3.24. The van der Waals surface area contributed by atoms with E-state index in [0.717, 1.165) is 4.68 Å². The summed E-state index contributed by atoms with van der Waals surface area (Å²) < 4.78 is 39.5. The molecule has 0 bridgehead atoms. The minimum absolute atomic E-state index is 0.109. The first-order chi connectivity index (χ1) is 8.95. The SMILES string of the molecule is CC(=NO)n1nnc(C(F)(F)F)c1-c1ccccc1. The van der Waals surface area contributed by atoms with Crippen LogP contribution in [-0.4, -0.2) is 26.0 Å². The maximum Gasteiger partial charge on any atom is 0.437 e. The first-order valence-electron chi connectivity index (χ1n) is 5.22. The minimum Gasteiger partial charge on any atom is -0.409 e. The van der Waals surface area contributed by atoms with Crippen molar-refractivity contribution in [2.24, 2.45) is 5.16 Å². The van der Waals surface area contributed by atoms with E-state index in [4.69, 9.17) is 5.21 Å². The van der Waals surface area contributed by atoms with Crippen molar-refractivity contribution in [2.45, 2.75) is 13.1 Å². The van der Waals surface area contributed by atoms with Crippen LogP contribution in [0.15, 0.2) is 35.5 Å². The molecule has 5 nitrogen and oxygen atoms in total. The van der Waals surface area contributed by atoms with Crippen molar-refractivity contribution in [3.05, 3.63) is 36.0 Å². The summed E-state index contributed by atoms with van der Waals surface area (Å²) in [6.07, 6.45) is -4.64. The molecule has 0 atom stereocenters. The number of benzene rings is 1. The van der Waals surface area contributed by atoms with E-state index in [9.17, 15) is 13.2 Å². The fourth-order valence-electron chi connectivity index (χ4n) is 1.60. The molecule has 2 aromatic rings. The molecule has 0 aliphatic carbocycles. The molecule has 0 aliphatic heterocycles. The van der Waals surface area contributed by atoms with E-state index < -0.39 is 11.9 Å². The Morgan fingerprint density at radius 2 is 1.89 bits per heavy atom. The van der Waals surface area contributed by atoms with Gasteiger partial charge in [-0.2, -0.15) is 17.9 Å². The highest BCUT2D eigenvalue weighted by Gasteiger charge is 2.39. The number of aromatic nitrogens is 3. The van der Waals surface area contributed by atoms with E-state index in [1.807, 2.05) is 0 Å². The molecule has 1 aromatic carbocycles. The Balaban J connectivity index is 2.71. The van der Waals surface area contributed by atoms with Crippen LogP contribution >= 0.6 is 0 Å². The number of hydrogen-bond donors (Lipinski definition) is 1. The van der Waals surface area contributed by atoms with Crippen LogP contribution in [0.3, 0.4) is 0 Å². The van der Waals surface area contributed by atoms with Gasteiger partial charge in [0.15, 0.2) is 11.5 Å². The summed E-state index contributed by atoms with van der Waals surface area (Å²) in [6.45, 7) is 1.32. The van der Waals surface area contributed by atoms with Gasteiger partial charge in [0.25, 0.3) is 0 Å². The molecule has 0 aliphatic rings. The lowest BCUT2D eigenvalue weighted by Crippen LogP contribution is -2.13. The van der Waals surface area contributed by atoms with Crippen molar-refractivity contribution in [1.82, 2.24) is 15.0 Å². The van der Waals surface area contributed by atoms with Crippen molar-refractivity contribution in [1.29, 1.82) is 0 Å². The monoisotopic (exact) mass is 270 g/mol. The molecule has 0 fully saturated rings. The lowest BCUT2D eigenvalue weighted by Gasteiger charge is -2.08. The summed E-state index contributed by atoms with van der Waals surface area (Å²) in [5.41, 5.74) is -1.10. The van der Waals surface area contributed by atoms with Crippen LogP contribution in [0, 0.1) is 0 Å². The number of rotatable bonds is 1. The Labute approximate surface area is 106 Å².